The molecule has 0 saturated carbocycles. The molecule has 8 nitrogen and oxygen atoms in total. The Labute approximate surface area is 219 Å². The SMILES string of the molecule is CCOC(=O)c1c(NC(=O)CN(c2ccc(OCC)cc2)S(=O)(=O)c2ccc(F)cc2)sc2c1CCC2. The highest BCUT2D eigenvalue weighted by molar-refractivity contribution is 7.92. The lowest BCUT2D eigenvalue weighted by atomic mass is 10.1. The van der Waals surface area contributed by atoms with Crippen molar-refractivity contribution in [3.8, 4) is 5.75 Å². The van der Waals surface area contributed by atoms with Crippen molar-refractivity contribution in [1.29, 1.82) is 0 Å². The minimum Gasteiger partial charge on any atom is -0.494 e. The fourth-order valence-electron chi connectivity index (χ4n) is 4.13. The molecule has 1 amide bonds. The number of esters is 1. The van der Waals surface area contributed by atoms with E-state index >= 15 is 0 Å². The summed E-state index contributed by atoms with van der Waals surface area (Å²) in [5.74, 6) is -1.19. The molecule has 0 spiro atoms. The molecule has 11 heteroatoms. The maximum absolute atomic E-state index is 13.5. The lowest BCUT2D eigenvalue weighted by Gasteiger charge is -2.24. The molecule has 3 aromatic rings. The molecule has 1 aromatic heterocycles. The van der Waals surface area contributed by atoms with Crippen LogP contribution in [0.2, 0.25) is 0 Å². The third kappa shape index (κ3) is 5.78. The Balaban J connectivity index is 1.65. The van der Waals surface area contributed by atoms with Crippen molar-refractivity contribution in [2.75, 3.05) is 29.4 Å². The number of nitrogens with one attached hydrogen (secondary N) is 1. The van der Waals surface area contributed by atoms with Crippen LogP contribution in [-0.2, 0) is 32.4 Å². The van der Waals surface area contributed by atoms with Crippen molar-refractivity contribution >= 4 is 43.9 Å². The quantitative estimate of drug-likeness (QED) is 0.367. The van der Waals surface area contributed by atoms with Crippen molar-refractivity contribution in [3.05, 3.63) is 70.4 Å². The monoisotopic (exact) mass is 546 g/mol. The van der Waals surface area contributed by atoms with Gasteiger partial charge in [0.15, 0.2) is 0 Å². The molecule has 1 aliphatic carbocycles. The normalized spacial score (nSPS) is 12.6. The summed E-state index contributed by atoms with van der Waals surface area (Å²) >= 11 is 1.31. The summed E-state index contributed by atoms with van der Waals surface area (Å²) in [6, 6.07) is 10.6. The van der Waals surface area contributed by atoms with Gasteiger partial charge in [-0.25, -0.2) is 17.6 Å². The van der Waals surface area contributed by atoms with E-state index in [0.717, 1.165) is 51.9 Å². The maximum Gasteiger partial charge on any atom is 0.341 e. The first-order valence-corrected chi connectivity index (χ1v) is 14.1. The number of ether oxygens (including phenoxy) is 2. The molecule has 0 aliphatic heterocycles. The van der Waals surface area contributed by atoms with Crippen molar-refractivity contribution in [2.45, 2.75) is 38.0 Å². The number of halogens is 1. The van der Waals surface area contributed by atoms with E-state index in [2.05, 4.69) is 5.32 Å². The molecule has 0 bridgehead atoms. The van der Waals surface area contributed by atoms with E-state index in [0.29, 0.717) is 29.3 Å². The average Bonchev–Trinajstić information content (AvgIpc) is 3.44. The number of fused-ring (bicyclic) bond motifs is 1. The summed E-state index contributed by atoms with van der Waals surface area (Å²) in [5, 5.41) is 3.08. The summed E-state index contributed by atoms with van der Waals surface area (Å²) < 4.78 is 52.1. The molecule has 37 heavy (non-hydrogen) atoms. The van der Waals surface area contributed by atoms with Gasteiger partial charge < -0.3 is 14.8 Å². The summed E-state index contributed by atoms with van der Waals surface area (Å²) in [5.41, 5.74) is 1.44. The van der Waals surface area contributed by atoms with Crippen molar-refractivity contribution in [2.24, 2.45) is 0 Å². The lowest BCUT2D eigenvalue weighted by Crippen LogP contribution is -2.38. The van der Waals surface area contributed by atoms with Crippen molar-refractivity contribution in [1.82, 2.24) is 0 Å². The van der Waals surface area contributed by atoms with E-state index in [1.54, 1.807) is 19.1 Å². The van der Waals surface area contributed by atoms with E-state index in [9.17, 15) is 22.4 Å². The number of sulfonamides is 1. The highest BCUT2D eigenvalue weighted by atomic mass is 32.2. The van der Waals surface area contributed by atoms with Gasteiger partial charge >= 0.3 is 5.97 Å². The van der Waals surface area contributed by atoms with Crippen LogP contribution in [0.4, 0.5) is 15.1 Å². The number of nitrogens with zero attached hydrogens (tertiary/aromatic N) is 1. The van der Waals surface area contributed by atoms with Crippen molar-refractivity contribution in [3.63, 3.8) is 0 Å². The van der Waals surface area contributed by atoms with Crippen LogP contribution in [0.25, 0.3) is 0 Å². The van der Waals surface area contributed by atoms with Crippen LogP contribution in [0, 0.1) is 5.82 Å². The molecule has 0 unspecified atom stereocenters. The molecule has 0 radical (unpaired) electrons. The van der Waals surface area contributed by atoms with Crippen LogP contribution in [0.5, 0.6) is 5.75 Å². The number of anilines is 2. The number of thiophene rings is 1. The Kier molecular flexibility index (Phi) is 8.13. The topological polar surface area (TPSA) is 102 Å². The Hall–Kier alpha value is -3.44. The van der Waals surface area contributed by atoms with Crippen LogP contribution >= 0.6 is 11.3 Å². The molecule has 2 aromatic carbocycles. The number of aryl methyl sites for hydroxylation is 1. The zero-order valence-corrected chi connectivity index (χ0v) is 22.1. The van der Waals surface area contributed by atoms with Crippen LogP contribution in [-0.4, -0.2) is 40.1 Å². The highest BCUT2D eigenvalue weighted by Gasteiger charge is 2.31. The number of amides is 1. The van der Waals surface area contributed by atoms with E-state index in [1.165, 1.54) is 23.5 Å². The summed E-state index contributed by atoms with van der Waals surface area (Å²) in [4.78, 5) is 26.7. The molecule has 0 saturated heterocycles. The molecule has 0 fully saturated rings. The Morgan fingerprint density at radius 3 is 2.38 bits per heavy atom. The van der Waals surface area contributed by atoms with E-state index < -0.39 is 34.3 Å². The van der Waals surface area contributed by atoms with Crippen LogP contribution < -0.4 is 14.4 Å². The molecular formula is C26H27FN2O6S2. The molecule has 1 N–H and O–H groups in total. The number of carbonyl (C=O) groups excluding carboxylic acids is 2. The lowest BCUT2D eigenvalue weighted by molar-refractivity contribution is -0.114. The number of benzene rings is 2. The van der Waals surface area contributed by atoms with E-state index in [4.69, 9.17) is 9.47 Å². The second kappa shape index (κ2) is 11.3. The molecule has 0 atom stereocenters. The van der Waals surface area contributed by atoms with Gasteiger partial charge in [-0.2, -0.15) is 0 Å². The first kappa shape index (κ1) is 26.6. The summed E-state index contributed by atoms with van der Waals surface area (Å²) in [6.45, 7) is 3.59. The van der Waals surface area contributed by atoms with Gasteiger partial charge in [-0.15, -0.1) is 11.3 Å². The van der Waals surface area contributed by atoms with Gasteiger partial charge in [0.25, 0.3) is 10.0 Å². The fraction of sp³-hybridized carbons (Fsp3) is 0.308. The molecule has 4 rings (SSSR count). The first-order chi connectivity index (χ1) is 17.7. The minimum atomic E-state index is -4.24. The smallest absolute Gasteiger partial charge is 0.341 e. The van der Waals surface area contributed by atoms with Gasteiger partial charge in [0.2, 0.25) is 5.91 Å². The third-order valence-corrected chi connectivity index (χ3v) is 8.77. The number of rotatable bonds is 10. The largest absolute Gasteiger partial charge is 0.494 e. The average molecular weight is 547 g/mol. The van der Waals surface area contributed by atoms with E-state index in [1.807, 2.05) is 6.92 Å². The number of hydrogen-bond donors (Lipinski definition) is 1. The minimum absolute atomic E-state index is 0.169. The zero-order valence-electron chi connectivity index (χ0n) is 20.5. The molecule has 1 aliphatic rings. The Morgan fingerprint density at radius 2 is 1.73 bits per heavy atom. The van der Waals surface area contributed by atoms with Gasteiger partial charge in [-0.3, -0.25) is 9.10 Å². The zero-order chi connectivity index (χ0) is 26.6. The predicted molar refractivity (Wildman–Crippen MR) is 139 cm³/mol. The third-order valence-electron chi connectivity index (χ3n) is 5.78. The van der Waals surface area contributed by atoms with E-state index in [-0.39, 0.29) is 17.2 Å². The van der Waals surface area contributed by atoms with Crippen LogP contribution in [0.3, 0.4) is 0 Å². The highest BCUT2D eigenvalue weighted by Crippen LogP contribution is 2.39. The standard InChI is InChI=1S/C26H27FN2O6S2/c1-3-34-19-12-10-18(11-13-19)29(37(32,33)20-14-8-17(27)9-15-20)16-23(30)28-25-24(26(31)35-4-2)21-6-5-7-22(21)36-25/h8-15H,3-7,16H2,1-2H3,(H,28,30). The Morgan fingerprint density at radius 1 is 1.03 bits per heavy atom. The molecule has 196 valence electrons. The van der Waals surface area contributed by atoms with Crippen LogP contribution in [0.15, 0.2) is 53.4 Å². The second-order valence-corrected chi connectivity index (χ2v) is 11.2. The van der Waals surface area contributed by atoms with Gasteiger partial charge in [-0.05, 0) is 87.2 Å². The van der Waals surface area contributed by atoms with Gasteiger partial charge in [0, 0.05) is 4.88 Å². The molecular weight excluding hydrogens is 519 g/mol. The fourth-order valence-corrected chi connectivity index (χ4v) is 6.85. The number of carbonyl (C=O) groups is 2. The van der Waals surface area contributed by atoms with Gasteiger partial charge in [0.05, 0.1) is 29.4 Å². The predicted octanol–water partition coefficient (Wildman–Crippen LogP) is 4.79. The second-order valence-electron chi connectivity index (χ2n) is 8.22. The summed E-state index contributed by atoms with van der Waals surface area (Å²) in [7, 11) is -4.24. The Bertz CT molecular complexity index is 1390. The first-order valence-electron chi connectivity index (χ1n) is 11.9. The maximum atomic E-state index is 13.5. The summed E-state index contributed by atoms with van der Waals surface area (Å²) in [6.07, 6.45) is 2.44. The van der Waals surface area contributed by atoms with Crippen molar-refractivity contribution < 1.29 is 31.9 Å². The van der Waals surface area contributed by atoms with Gasteiger partial charge in [-0.1, -0.05) is 0 Å². The van der Waals surface area contributed by atoms with Gasteiger partial charge in [0.1, 0.15) is 23.1 Å². The number of hydrogen-bond acceptors (Lipinski definition) is 7. The van der Waals surface area contributed by atoms with Crippen LogP contribution in [0.1, 0.15) is 41.1 Å². The molecule has 1 heterocycles.